The Balaban J connectivity index is 1.73. The maximum Gasteiger partial charge on any atom is 0.261 e. The summed E-state index contributed by atoms with van der Waals surface area (Å²) in [6.07, 6.45) is 4.62. The third-order valence-electron chi connectivity index (χ3n) is 6.87. The molecule has 0 bridgehead atoms. The molecular weight excluding hydrogens is 428 g/mol. The molecule has 0 N–H and O–H groups in total. The van der Waals surface area contributed by atoms with Crippen molar-refractivity contribution in [3.8, 4) is 0 Å². The van der Waals surface area contributed by atoms with Gasteiger partial charge in [-0.25, -0.2) is 0 Å². The third kappa shape index (κ3) is 6.55. The van der Waals surface area contributed by atoms with E-state index in [1.54, 1.807) is 7.11 Å². The van der Waals surface area contributed by atoms with Gasteiger partial charge >= 0.3 is 0 Å². The van der Waals surface area contributed by atoms with Crippen LogP contribution in [0.2, 0.25) is 5.04 Å². The van der Waals surface area contributed by atoms with E-state index >= 15 is 0 Å². The van der Waals surface area contributed by atoms with Crippen molar-refractivity contribution in [3.63, 3.8) is 0 Å². The summed E-state index contributed by atoms with van der Waals surface area (Å²) >= 11 is 0. The zero-order valence-corrected chi connectivity index (χ0v) is 22.1. The maximum absolute atomic E-state index is 7.08. The lowest BCUT2D eigenvalue weighted by Crippen LogP contribution is -2.66. The molecule has 0 aliphatic carbocycles. The number of rotatable bonds is 11. The first kappa shape index (κ1) is 26.1. The third-order valence-corrected chi connectivity index (χ3v) is 11.9. The molecule has 3 rings (SSSR count). The van der Waals surface area contributed by atoms with Gasteiger partial charge in [-0.15, -0.1) is 0 Å². The second-order valence-electron chi connectivity index (χ2n) is 10.3. The highest BCUT2D eigenvalue weighted by molar-refractivity contribution is 6.99. The van der Waals surface area contributed by atoms with E-state index in [4.69, 9.17) is 18.6 Å². The fraction of sp³-hybridized carbons (Fsp3) is 0.571. The lowest BCUT2D eigenvalue weighted by molar-refractivity contribution is -0.104. The predicted octanol–water partition coefficient (Wildman–Crippen LogP) is 5.15. The van der Waals surface area contributed by atoms with Crippen molar-refractivity contribution >= 4 is 18.7 Å². The first-order valence-electron chi connectivity index (χ1n) is 12.4. The molecule has 2 aromatic carbocycles. The van der Waals surface area contributed by atoms with Crippen molar-refractivity contribution < 1.29 is 18.6 Å². The average Bonchev–Trinajstić information content (AvgIpc) is 2.81. The van der Waals surface area contributed by atoms with Crippen LogP contribution in [0, 0.1) is 5.92 Å². The van der Waals surface area contributed by atoms with Crippen molar-refractivity contribution in [2.45, 2.75) is 70.6 Å². The topological polar surface area (TPSA) is 36.9 Å². The summed E-state index contributed by atoms with van der Waals surface area (Å²) in [5.41, 5.74) is 0. The summed E-state index contributed by atoms with van der Waals surface area (Å²) in [4.78, 5) is 0. The molecule has 2 aromatic rings. The van der Waals surface area contributed by atoms with Gasteiger partial charge in [0, 0.05) is 13.7 Å². The molecule has 0 spiro atoms. The summed E-state index contributed by atoms with van der Waals surface area (Å²) in [5, 5.41) is 2.65. The average molecular weight is 471 g/mol. The molecule has 1 aliphatic heterocycles. The zero-order valence-electron chi connectivity index (χ0n) is 21.1. The minimum absolute atomic E-state index is 0.00400. The van der Waals surface area contributed by atoms with Crippen LogP contribution in [-0.2, 0) is 18.6 Å². The molecule has 0 radical (unpaired) electrons. The Labute approximate surface area is 201 Å². The van der Waals surface area contributed by atoms with E-state index < -0.39 is 8.32 Å². The lowest BCUT2D eigenvalue weighted by atomic mass is 9.91. The highest BCUT2D eigenvalue weighted by Gasteiger charge is 2.50. The van der Waals surface area contributed by atoms with Crippen molar-refractivity contribution in [1.82, 2.24) is 0 Å². The standard InChI is InChI=1S/C28H42O4Si/c1-23-16-17-24(18-20-30-22-29-5)32-27(23)19-21-31-33(28(2,3)4,25-12-8-6-9-13-25)26-14-10-7-11-15-26/h6-15,23-24,27H,16-22H2,1-5H3/t23-,24-,27+/m0/s1. The fourth-order valence-corrected chi connectivity index (χ4v) is 9.68. The van der Waals surface area contributed by atoms with Gasteiger partial charge < -0.3 is 18.6 Å². The van der Waals surface area contributed by atoms with Gasteiger partial charge in [0.2, 0.25) is 0 Å². The van der Waals surface area contributed by atoms with Gasteiger partial charge in [0.05, 0.1) is 18.8 Å². The second-order valence-corrected chi connectivity index (χ2v) is 14.6. The molecule has 1 aliphatic rings. The number of benzene rings is 2. The molecule has 0 aromatic heterocycles. The van der Waals surface area contributed by atoms with Gasteiger partial charge in [0.15, 0.2) is 0 Å². The van der Waals surface area contributed by atoms with E-state index in [1.165, 1.54) is 16.8 Å². The van der Waals surface area contributed by atoms with Crippen LogP contribution in [-0.4, -0.2) is 47.6 Å². The van der Waals surface area contributed by atoms with E-state index in [1.807, 2.05) is 0 Å². The van der Waals surface area contributed by atoms with E-state index in [0.29, 0.717) is 25.9 Å². The maximum atomic E-state index is 7.08. The SMILES string of the molecule is COCOCC[C@@H]1CC[C@H](C)[C@@H](CCO[Si](c2ccccc2)(c2ccccc2)C(C)(C)C)O1. The number of methoxy groups -OCH3 is 1. The van der Waals surface area contributed by atoms with Crippen LogP contribution in [0.4, 0.5) is 0 Å². The van der Waals surface area contributed by atoms with Gasteiger partial charge in [-0.3, -0.25) is 0 Å². The Kier molecular flexibility index (Phi) is 9.71. The second kappa shape index (κ2) is 12.3. The Morgan fingerprint density at radius 1 is 0.879 bits per heavy atom. The molecule has 1 fully saturated rings. The van der Waals surface area contributed by atoms with E-state index in [0.717, 1.165) is 19.3 Å². The van der Waals surface area contributed by atoms with Crippen LogP contribution in [0.25, 0.3) is 0 Å². The largest absolute Gasteiger partial charge is 0.407 e. The summed E-state index contributed by atoms with van der Waals surface area (Å²) in [5.74, 6) is 0.545. The van der Waals surface area contributed by atoms with Crippen molar-refractivity contribution in [3.05, 3.63) is 60.7 Å². The summed E-state index contributed by atoms with van der Waals surface area (Å²) in [6, 6.07) is 21.7. The van der Waals surface area contributed by atoms with E-state index in [2.05, 4.69) is 88.4 Å². The van der Waals surface area contributed by atoms with Crippen LogP contribution < -0.4 is 10.4 Å². The summed E-state index contributed by atoms with van der Waals surface area (Å²) < 4.78 is 24.1. The normalized spacial score (nSPS) is 21.8. The highest BCUT2D eigenvalue weighted by Crippen LogP contribution is 2.37. The van der Waals surface area contributed by atoms with Crippen LogP contribution in [0.5, 0.6) is 0 Å². The molecule has 182 valence electrons. The van der Waals surface area contributed by atoms with E-state index in [-0.39, 0.29) is 17.2 Å². The van der Waals surface area contributed by atoms with Gasteiger partial charge in [-0.05, 0) is 47.0 Å². The molecular formula is C28H42O4Si. The van der Waals surface area contributed by atoms with Gasteiger partial charge in [-0.1, -0.05) is 88.4 Å². The van der Waals surface area contributed by atoms with Gasteiger partial charge in [0.25, 0.3) is 8.32 Å². The minimum Gasteiger partial charge on any atom is -0.407 e. The Morgan fingerprint density at radius 2 is 1.48 bits per heavy atom. The molecule has 5 heteroatoms. The van der Waals surface area contributed by atoms with Crippen LogP contribution in [0.1, 0.15) is 53.4 Å². The molecule has 1 saturated heterocycles. The first-order valence-corrected chi connectivity index (χ1v) is 14.3. The molecule has 33 heavy (non-hydrogen) atoms. The molecule has 3 atom stereocenters. The highest BCUT2D eigenvalue weighted by atomic mass is 28.4. The Hall–Kier alpha value is -1.50. The first-order chi connectivity index (χ1) is 15.9. The van der Waals surface area contributed by atoms with Crippen LogP contribution in [0.3, 0.4) is 0 Å². The summed E-state index contributed by atoms with van der Waals surface area (Å²) in [6.45, 7) is 11.0. The quantitative estimate of drug-likeness (QED) is 0.259. The molecule has 0 saturated carbocycles. The van der Waals surface area contributed by atoms with E-state index in [9.17, 15) is 0 Å². The van der Waals surface area contributed by atoms with Crippen LogP contribution >= 0.6 is 0 Å². The Morgan fingerprint density at radius 3 is 2.03 bits per heavy atom. The van der Waals surface area contributed by atoms with Crippen molar-refractivity contribution in [2.24, 2.45) is 5.92 Å². The van der Waals surface area contributed by atoms with Crippen LogP contribution in [0.15, 0.2) is 60.7 Å². The molecule has 0 unspecified atom stereocenters. The van der Waals surface area contributed by atoms with Gasteiger partial charge in [-0.2, -0.15) is 0 Å². The van der Waals surface area contributed by atoms with Crippen molar-refractivity contribution in [2.75, 3.05) is 27.1 Å². The smallest absolute Gasteiger partial charge is 0.261 e. The molecule has 0 amide bonds. The number of hydrogen-bond acceptors (Lipinski definition) is 4. The summed E-state index contributed by atoms with van der Waals surface area (Å²) in [7, 11) is -0.839. The van der Waals surface area contributed by atoms with Gasteiger partial charge in [0.1, 0.15) is 6.79 Å². The molecule has 4 nitrogen and oxygen atoms in total. The molecule has 1 heterocycles. The zero-order chi connectivity index (χ0) is 23.7. The minimum atomic E-state index is -2.49. The monoisotopic (exact) mass is 470 g/mol. The predicted molar refractivity (Wildman–Crippen MR) is 138 cm³/mol. The number of hydrogen-bond donors (Lipinski definition) is 0. The number of ether oxygens (including phenoxy) is 3. The Bertz CT molecular complexity index is 766. The fourth-order valence-electron chi connectivity index (χ4n) is 5.10. The lowest BCUT2D eigenvalue weighted by Gasteiger charge is -2.43. The van der Waals surface area contributed by atoms with Crippen molar-refractivity contribution in [1.29, 1.82) is 0 Å².